The number of hydrogen-bond donors (Lipinski definition) is 1. The van der Waals surface area contributed by atoms with Crippen LogP contribution in [0.4, 0.5) is 0 Å². The molecule has 1 heterocycles. The van der Waals surface area contributed by atoms with E-state index in [9.17, 15) is 4.79 Å². The van der Waals surface area contributed by atoms with E-state index in [1.165, 1.54) is 0 Å². The zero-order valence-corrected chi connectivity index (χ0v) is 11.5. The summed E-state index contributed by atoms with van der Waals surface area (Å²) in [6.07, 6.45) is 5.80. The lowest BCUT2D eigenvalue weighted by molar-refractivity contribution is -0.143. The molecule has 19 heavy (non-hydrogen) atoms. The maximum absolute atomic E-state index is 11.8. The third-order valence-corrected chi connectivity index (χ3v) is 5.05. The van der Waals surface area contributed by atoms with Gasteiger partial charge in [0.2, 0.25) is 0 Å². The van der Waals surface area contributed by atoms with Crippen LogP contribution in [0.5, 0.6) is 0 Å². The second-order valence-electron chi connectivity index (χ2n) is 6.12. The molecular formula is C15H19NO3. The Hall–Kier alpha value is -1.58. The minimum Gasteiger partial charge on any atom is -0.457 e. The van der Waals surface area contributed by atoms with E-state index in [0.29, 0.717) is 5.71 Å². The molecule has 3 aliphatic rings. The standard InChI is InChI=1S/C15H19NO3/c1-8-10-4-6-15(3)7-5-11(16-18)9(2)12(15)13(10)19-14(8)17/h5,7-8,10,13,18H,4,6H2,1-3H3/b16-11-/t8-,10-,13+,15+/m0/s1. The highest BCUT2D eigenvalue weighted by atomic mass is 16.6. The number of allylic oxidation sites excluding steroid dienone is 3. The van der Waals surface area contributed by atoms with Crippen molar-refractivity contribution in [3.05, 3.63) is 23.3 Å². The first-order valence-corrected chi connectivity index (χ1v) is 6.81. The van der Waals surface area contributed by atoms with E-state index in [4.69, 9.17) is 9.94 Å². The third kappa shape index (κ3) is 1.58. The van der Waals surface area contributed by atoms with E-state index in [-0.39, 0.29) is 29.3 Å². The Balaban J connectivity index is 2.11. The number of fused-ring (bicyclic) bond motifs is 3. The summed E-state index contributed by atoms with van der Waals surface area (Å²) in [6.45, 7) is 6.07. The van der Waals surface area contributed by atoms with Crippen LogP contribution in [-0.4, -0.2) is 23.0 Å². The van der Waals surface area contributed by atoms with E-state index in [0.717, 1.165) is 24.0 Å². The molecule has 0 unspecified atom stereocenters. The number of rotatable bonds is 0. The molecule has 0 spiro atoms. The van der Waals surface area contributed by atoms with Gasteiger partial charge in [-0.15, -0.1) is 0 Å². The highest BCUT2D eigenvalue weighted by molar-refractivity contribution is 6.09. The van der Waals surface area contributed by atoms with Gasteiger partial charge >= 0.3 is 5.97 Å². The van der Waals surface area contributed by atoms with Gasteiger partial charge in [0, 0.05) is 11.3 Å². The zero-order chi connectivity index (χ0) is 13.8. The van der Waals surface area contributed by atoms with Crippen molar-refractivity contribution in [2.45, 2.75) is 39.7 Å². The van der Waals surface area contributed by atoms with Crippen molar-refractivity contribution in [1.82, 2.24) is 0 Å². The molecule has 0 bridgehead atoms. The Labute approximate surface area is 112 Å². The summed E-state index contributed by atoms with van der Waals surface area (Å²) >= 11 is 0. The van der Waals surface area contributed by atoms with Crippen molar-refractivity contribution in [1.29, 1.82) is 0 Å². The lowest BCUT2D eigenvalue weighted by atomic mass is 9.61. The van der Waals surface area contributed by atoms with Crippen LogP contribution in [0.15, 0.2) is 28.5 Å². The lowest BCUT2D eigenvalue weighted by Crippen LogP contribution is -2.39. The van der Waals surface area contributed by atoms with Gasteiger partial charge in [-0.3, -0.25) is 4.79 Å². The Morgan fingerprint density at radius 1 is 1.53 bits per heavy atom. The molecule has 0 amide bonds. The van der Waals surface area contributed by atoms with Crippen LogP contribution < -0.4 is 0 Å². The molecule has 0 aromatic heterocycles. The summed E-state index contributed by atoms with van der Waals surface area (Å²) in [5.41, 5.74) is 2.56. The van der Waals surface area contributed by atoms with E-state index in [1.807, 2.05) is 19.9 Å². The third-order valence-electron chi connectivity index (χ3n) is 5.05. The van der Waals surface area contributed by atoms with Crippen molar-refractivity contribution in [3.63, 3.8) is 0 Å². The van der Waals surface area contributed by atoms with Crippen molar-refractivity contribution in [2.24, 2.45) is 22.4 Å². The van der Waals surface area contributed by atoms with Crippen LogP contribution in [0.1, 0.15) is 33.6 Å². The van der Waals surface area contributed by atoms with Crippen molar-refractivity contribution < 1.29 is 14.7 Å². The number of carbonyl (C=O) groups is 1. The van der Waals surface area contributed by atoms with Gasteiger partial charge in [0.15, 0.2) is 0 Å². The Bertz CT molecular complexity index is 532. The Kier molecular flexibility index (Phi) is 2.59. The van der Waals surface area contributed by atoms with E-state index in [2.05, 4.69) is 18.2 Å². The fourth-order valence-electron chi connectivity index (χ4n) is 3.81. The monoisotopic (exact) mass is 261 g/mol. The van der Waals surface area contributed by atoms with Gasteiger partial charge in [0.25, 0.3) is 0 Å². The lowest BCUT2D eigenvalue weighted by Gasteiger charge is -2.43. The number of esters is 1. The maximum atomic E-state index is 11.8. The smallest absolute Gasteiger partial charge is 0.309 e. The molecule has 1 aliphatic heterocycles. The van der Waals surface area contributed by atoms with Gasteiger partial charge in [-0.05, 0) is 37.0 Å². The summed E-state index contributed by atoms with van der Waals surface area (Å²) in [5, 5.41) is 12.4. The molecule has 0 radical (unpaired) electrons. The van der Waals surface area contributed by atoms with Gasteiger partial charge in [-0.25, -0.2) is 0 Å². The van der Waals surface area contributed by atoms with E-state index in [1.54, 1.807) is 0 Å². The number of carbonyl (C=O) groups excluding carboxylic acids is 1. The molecule has 1 N–H and O–H groups in total. The predicted molar refractivity (Wildman–Crippen MR) is 70.9 cm³/mol. The molecule has 0 aromatic carbocycles. The quantitative estimate of drug-likeness (QED) is 0.414. The van der Waals surface area contributed by atoms with E-state index >= 15 is 0 Å². The summed E-state index contributed by atoms with van der Waals surface area (Å²) in [7, 11) is 0. The molecule has 4 heteroatoms. The first-order chi connectivity index (χ1) is 8.98. The van der Waals surface area contributed by atoms with Crippen molar-refractivity contribution in [2.75, 3.05) is 0 Å². The molecule has 3 rings (SSSR count). The van der Waals surface area contributed by atoms with Crippen LogP contribution in [0.2, 0.25) is 0 Å². The first-order valence-electron chi connectivity index (χ1n) is 6.81. The molecule has 2 aliphatic carbocycles. The number of nitrogens with zero attached hydrogens (tertiary/aromatic N) is 1. The van der Waals surface area contributed by atoms with Crippen LogP contribution in [-0.2, 0) is 9.53 Å². The average molecular weight is 261 g/mol. The zero-order valence-electron chi connectivity index (χ0n) is 11.5. The largest absolute Gasteiger partial charge is 0.457 e. The van der Waals surface area contributed by atoms with Crippen LogP contribution in [0.3, 0.4) is 0 Å². The van der Waals surface area contributed by atoms with Gasteiger partial charge in [-0.2, -0.15) is 0 Å². The minimum atomic E-state index is -0.150. The molecule has 4 nitrogen and oxygen atoms in total. The highest BCUT2D eigenvalue weighted by Crippen LogP contribution is 2.53. The van der Waals surface area contributed by atoms with Crippen LogP contribution in [0.25, 0.3) is 0 Å². The molecule has 102 valence electrons. The summed E-state index contributed by atoms with van der Waals surface area (Å²) in [5.74, 6) is 0.129. The molecule has 1 saturated heterocycles. The fraction of sp³-hybridized carbons (Fsp3) is 0.600. The normalized spacial score (nSPS) is 43.2. The summed E-state index contributed by atoms with van der Waals surface area (Å²) in [4.78, 5) is 11.8. The predicted octanol–water partition coefficient (Wildman–Crippen LogP) is 2.68. The topological polar surface area (TPSA) is 58.9 Å². The molecule has 2 fully saturated rings. The first kappa shape index (κ1) is 12.5. The van der Waals surface area contributed by atoms with Crippen molar-refractivity contribution >= 4 is 11.7 Å². The maximum Gasteiger partial charge on any atom is 0.309 e. The van der Waals surface area contributed by atoms with Gasteiger partial charge in [0.05, 0.1) is 5.92 Å². The minimum absolute atomic E-state index is 0.0322. The van der Waals surface area contributed by atoms with E-state index < -0.39 is 0 Å². The average Bonchev–Trinajstić information content (AvgIpc) is 2.65. The second kappa shape index (κ2) is 3.95. The van der Waals surface area contributed by atoms with Crippen LogP contribution >= 0.6 is 0 Å². The number of ether oxygens (including phenoxy) is 1. The Morgan fingerprint density at radius 2 is 2.26 bits per heavy atom. The fourth-order valence-corrected chi connectivity index (χ4v) is 3.81. The summed E-state index contributed by atoms with van der Waals surface area (Å²) in [6, 6.07) is 0. The summed E-state index contributed by atoms with van der Waals surface area (Å²) < 4.78 is 5.61. The second-order valence-corrected chi connectivity index (χ2v) is 6.12. The van der Waals surface area contributed by atoms with Gasteiger partial charge in [-0.1, -0.05) is 25.1 Å². The Morgan fingerprint density at radius 3 is 2.95 bits per heavy atom. The van der Waals surface area contributed by atoms with Crippen LogP contribution in [0, 0.1) is 17.3 Å². The highest BCUT2D eigenvalue weighted by Gasteiger charge is 2.52. The van der Waals surface area contributed by atoms with Gasteiger partial charge < -0.3 is 9.94 Å². The van der Waals surface area contributed by atoms with Crippen molar-refractivity contribution in [3.8, 4) is 0 Å². The number of hydrogen-bond acceptors (Lipinski definition) is 4. The molecule has 0 aromatic rings. The SMILES string of the molecule is CC1=C2[C@@H]3OC(=O)[C@@H](C)[C@@H]3CC[C@]2(C)C=C/C1=N/O. The van der Waals surface area contributed by atoms with Gasteiger partial charge in [0.1, 0.15) is 11.8 Å². The number of oxime groups is 1. The molecular weight excluding hydrogens is 242 g/mol. The molecule has 4 atom stereocenters. The molecule has 1 saturated carbocycles.